The zero-order valence-corrected chi connectivity index (χ0v) is 12.7. The Hall–Kier alpha value is -2.11. The fourth-order valence-corrected chi connectivity index (χ4v) is 3.72. The van der Waals surface area contributed by atoms with E-state index in [2.05, 4.69) is 59.9 Å². The lowest BCUT2D eigenvalue weighted by Gasteiger charge is -2.24. The SMILES string of the molecule is N#CC1(CCCNC2CC2)c2ccccc2-c2ccccc21. The number of nitrogens with one attached hydrogen (secondary N) is 1. The number of fused-ring (bicyclic) bond motifs is 3. The molecule has 1 N–H and O–H groups in total. The molecule has 1 fully saturated rings. The predicted molar refractivity (Wildman–Crippen MR) is 88.5 cm³/mol. The third kappa shape index (κ3) is 2.05. The second-order valence-corrected chi connectivity index (χ2v) is 6.44. The van der Waals surface area contributed by atoms with Crippen LogP contribution in [0, 0.1) is 11.3 Å². The molecule has 0 bridgehead atoms. The van der Waals surface area contributed by atoms with Crippen molar-refractivity contribution in [2.24, 2.45) is 0 Å². The highest BCUT2D eigenvalue weighted by Crippen LogP contribution is 2.50. The number of rotatable bonds is 5. The van der Waals surface area contributed by atoms with Gasteiger partial charge in [-0.2, -0.15) is 5.26 Å². The lowest BCUT2D eigenvalue weighted by Crippen LogP contribution is -2.26. The highest BCUT2D eigenvalue weighted by molar-refractivity contribution is 5.82. The van der Waals surface area contributed by atoms with E-state index in [0.717, 1.165) is 25.4 Å². The number of nitrogens with zero attached hydrogens (tertiary/aromatic N) is 1. The van der Waals surface area contributed by atoms with Gasteiger partial charge in [-0.1, -0.05) is 48.5 Å². The van der Waals surface area contributed by atoms with Crippen LogP contribution in [0.3, 0.4) is 0 Å². The molecule has 0 radical (unpaired) electrons. The van der Waals surface area contributed by atoms with Gasteiger partial charge in [-0.05, 0) is 54.5 Å². The molecule has 4 rings (SSSR count). The highest BCUT2D eigenvalue weighted by atomic mass is 14.9. The minimum atomic E-state index is -0.474. The monoisotopic (exact) mass is 288 g/mol. The van der Waals surface area contributed by atoms with Gasteiger partial charge in [-0.15, -0.1) is 0 Å². The third-order valence-corrected chi connectivity index (χ3v) is 4.99. The van der Waals surface area contributed by atoms with Crippen molar-refractivity contribution in [3.8, 4) is 17.2 Å². The van der Waals surface area contributed by atoms with Crippen molar-refractivity contribution in [2.75, 3.05) is 6.54 Å². The van der Waals surface area contributed by atoms with Crippen molar-refractivity contribution in [3.05, 3.63) is 59.7 Å². The largest absolute Gasteiger partial charge is 0.314 e. The van der Waals surface area contributed by atoms with Crippen molar-refractivity contribution in [3.63, 3.8) is 0 Å². The number of hydrogen-bond donors (Lipinski definition) is 1. The molecule has 0 atom stereocenters. The van der Waals surface area contributed by atoms with E-state index in [-0.39, 0.29) is 0 Å². The van der Waals surface area contributed by atoms with Gasteiger partial charge in [0.15, 0.2) is 0 Å². The smallest absolute Gasteiger partial charge is 0.108 e. The summed E-state index contributed by atoms with van der Waals surface area (Å²) in [5.41, 5.74) is 4.36. The summed E-state index contributed by atoms with van der Waals surface area (Å²) in [6.07, 6.45) is 4.55. The normalized spacial score (nSPS) is 17.6. The van der Waals surface area contributed by atoms with Crippen molar-refractivity contribution >= 4 is 0 Å². The van der Waals surface area contributed by atoms with Crippen LogP contribution in [0.15, 0.2) is 48.5 Å². The second-order valence-electron chi connectivity index (χ2n) is 6.44. The molecule has 0 aliphatic heterocycles. The summed E-state index contributed by atoms with van der Waals surface area (Å²) in [5, 5.41) is 13.6. The molecule has 2 aliphatic carbocycles. The Morgan fingerprint density at radius 2 is 1.59 bits per heavy atom. The molecule has 0 heterocycles. The van der Waals surface area contributed by atoms with E-state index in [1.807, 2.05) is 0 Å². The van der Waals surface area contributed by atoms with Gasteiger partial charge in [-0.3, -0.25) is 0 Å². The maximum absolute atomic E-state index is 10.1. The summed E-state index contributed by atoms with van der Waals surface area (Å²) in [6.45, 7) is 1.01. The molecule has 2 aromatic carbocycles. The molecule has 0 aromatic heterocycles. The van der Waals surface area contributed by atoms with Gasteiger partial charge in [0.25, 0.3) is 0 Å². The third-order valence-electron chi connectivity index (χ3n) is 4.99. The lowest BCUT2D eigenvalue weighted by atomic mass is 9.76. The summed E-state index contributed by atoms with van der Waals surface area (Å²) in [4.78, 5) is 0. The van der Waals surface area contributed by atoms with Crippen molar-refractivity contribution in [2.45, 2.75) is 37.1 Å². The molecule has 0 unspecified atom stereocenters. The van der Waals surface area contributed by atoms with Gasteiger partial charge in [0.05, 0.1) is 6.07 Å². The Bertz CT molecular complexity index is 692. The zero-order chi connectivity index (χ0) is 15.0. The molecule has 2 aliphatic rings. The molecule has 0 spiro atoms. The van der Waals surface area contributed by atoms with E-state index in [4.69, 9.17) is 0 Å². The van der Waals surface area contributed by atoms with Crippen molar-refractivity contribution < 1.29 is 0 Å². The van der Waals surface area contributed by atoms with E-state index < -0.39 is 5.41 Å². The molecule has 0 saturated heterocycles. The molecule has 2 nitrogen and oxygen atoms in total. The number of benzene rings is 2. The summed E-state index contributed by atoms with van der Waals surface area (Å²) < 4.78 is 0. The second kappa shape index (κ2) is 5.26. The van der Waals surface area contributed by atoms with E-state index in [0.29, 0.717) is 0 Å². The molecular formula is C20H20N2. The van der Waals surface area contributed by atoms with Gasteiger partial charge in [0.2, 0.25) is 0 Å². The number of nitriles is 1. The first-order valence-electron chi connectivity index (χ1n) is 8.19. The fraction of sp³-hybridized carbons (Fsp3) is 0.350. The van der Waals surface area contributed by atoms with Crippen LogP contribution < -0.4 is 5.32 Å². The average molecular weight is 288 g/mol. The van der Waals surface area contributed by atoms with Crippen LogP contribution in [0.2, 0.25) is 0 Å². The molecule has 0 amide bonds. The van der Waals surface area contributed by atoms with E-state index >= 15 is 0 Å². The van der Waals surface area contributed by atoms with Crippen LogP contribution in [-0.4, -0.2) is 12.6 Å². The Balaban J connectivity index is 1.69. The summed E-state index contributed by atoms with van der Waals surface area (Å²) in [7, 11) is 0. The minimum absolute atomic E-state index is 0.474. The Morgan fingerprint density at radius 3 is 2.14 bits per heavy atom. The van der Waals surface area contributed by atoms with Gasteiger partial charge in [0, 0.05) is 6.04 Å². The molecule has 110 valence electrons. The highest BCUT2D eigenvalue weighted by Gasteiger charge is 2.42. The zero-order valence-electron chi connectivity index (χ0n) is 12.7. The summed E-state index contributed by atoms with van der Waals surface area (Å²) >= 11 is 0. The molecular weight excluding hydrogens is 268 g/mol. The van der Waals surface area contributed by atoms with E-state index in [1.54, 1.807) is 0 Å². The minimum Gasteiger partial charge on any atom is -0.314 e. The first-order valence-corrected chi connectivity index (χ1v) is 8.19. The van der Waals surface area contributed by atoms with Crippen molar-refractivity contribution in [1.29, 1.82) is 5.26 Å². The summed E-state index contributed by atoms with van der Waals surface area (Å²) in [5.74, 6) is 0. The molecule has 2 aromatic rings. The van der Waals surface area contributed by atoms with E-state index in [1.165, 1.54) is 35.1 Å². The van der Waals surface area contributed by atoms with Gasteiger partial charge < -0.3 is 5.32 Å². The van der Waals surface area contributed by atoms with Gasteiger partial charge >= 0.3 is 0 Å². The average Bonchev–Trinajstić information content (AvgIpc) is 3.36. The predicted octanol–water partition coefficient (Wildman–Crippen LogP) is 4.01. The van der Waals surface area contributed by atoms with Crippen LogP contribution in [0.1, 0.15) is 36.8 Å². The molecule has 2 heteroatoms. The number of hydrogen-bond acceptors (Lipinski definition) is 2. The van der Waals surface area contributed by atoms with Crippen LogP contribution in [0.4, 0.5) is 0 Å². The van der Waals surface area contributed by atoms with Crippen LogP contribution in [0.25, 0.3) is 11.1 Å². The van der Waals surface area contributed by atoms with Crippen LogP contribution in [-0.2, 0) is 5.41 Å². The molecule has 1 saturated carbocycles. The van der Waals surface area contributed by atoms with Crippen LogP contribution >= 0.6 is 0 Å². The van der Waals surface area contributed by atoms with Gasteiger partial charge in [-0.25, -0.2) is 0 Å². The summed E-state index contributed by atoms with van der Waals surface area (Å²) in [6, 6.07) is 20.2. The molecule has 22 heavy (non-hydrogen) atoms. The Morgan fingerprint density at radius 1 is 1.00 bits per heavy atom. The topological polar surface area (TPSA) is 35.8 Å². The first-order chi connectivity index (χ1) is 10.8. The maximum atomic E-state index is 10.1. The fourth-order valence-electron chi connectivity index (χ4n) is 3.72. The van der Waals surface area contributed by atoms with Crippen LogP contribution in [0.5, 0.6) is 0 Å². The lowest BCUT2D eigenvalue weighted by molar-refractivity contribution is 0.538. The Labute approximate surface area is 131 Å². The van der Waals surface area contributed by atoms with Crippen molar-refractivity contribution in [1.82, 2.24) is 5.32 Å². The van der Waals surface area contributed by atoms with Gasteiger partial charge in [0.1, 0.15) is 5.41 Å². The van der Waals surface area contributed by atoms with E-state index in [9.17, 15) is 5.26 Å². The standard InChI is InChI=1S/C20H20N2/c21-14-20(12-5-13-22-15-10-11-15)18-8-3-1-6-16(18)17-7-2-4-9-19(17)20/h1-4,6-9,15,22H,5,10-13H2. The quantitative estimate of drug-likeness (QED) is 0.844. The Kier molecular flexibility index (Phi) is 3.24. The maximum Gasteiger partial charge on any atom is 0.108 e. The first kappa shape index (κ1) is 13.5.